The van der Waals surface area contributed by atoms with Crippen molar-refractivity contribution in [3.63, 3.8) is 0 Å². The molecular formula is C31H37F7N4O22. The van der Waals surface area contributed by atoms with Crippen molar-refractivity contribution >= 4 is 11.9 Å². The van der Waals surface area contributed by atoms with Crippen LogP contribution in [-0.4, -0.2) is 188 Å². The first-order valence-corrected chi connectivity index (χ1v) is 16.9. The highest BCUT2D eigenvalue weighted by Crippen LogP contribution is 2.61. The van der Waals surface area contributed by atoms with Crippen LogP contribution in [0.3, 0.4) is 0 Å². The van der Waals surface area contributed by atoms with E-state index in [1.807, 2.05) is 0 Å². The molecule has 4 rings (SSSR count). The van der Waals surface area contributed by atoms with Gasteiger partial charge in [0.15, 0.2) is 17.2 Å². The Kier molecular flexibility index (Phi) is 11.4. The molecule has 2 aromatic rings. The molecule has 20 N–H and O–H groups in total. The second-order valence-electron chi connectivity index (χ2n) is 14.8. The summed E-state index contributed by atoms with van der Waals surface area (Å²) in [6, 6.07) is -10.7. The number of hydrogen-bond acceptors (Lipinski definition) is 23. The van der Waals surface area contributed by atoms with Gasteiger partial charge in [-0.1, -0.05) is 0 Å². The lowest BCUT2D eigenvalue weighted by atomic mass is 9.73. The zero-order valence-electron chi connectivity index (χ0n) is 32.4. The molecule has 362 valence electrons. The molecule has 2 fully saturated rings. The standard InChI is InChI=1S/C31H37F7N4O22/c1-6-10(18(48)19(49)13(32)14(6)44)23(52)24(53,54)20(41-28(57,58)22(4,51)40(8(3)43)30(61,62)31(41,63)64)25(55,56)29(59,60)42(23)21(50)39(5)7(2)9-15(45)11(26(33,34)35)17(47)12(16(9)46)27(36,37)38/h7,20,44-49,51-64H,1-5H3. The molecule has 0 radical (unpaired) electrons. The van der Waals surface area contributed by atoms with Gasteiger partial charge < -0.3 is 107 Å². The number of benzene rings is 2. The van der Waals surface area contributed by atoms with Crippen LogP contribution in [0.1, 0.15) is 54.6 Å². The molecule has 2 saturated heterocycles. The Morgan fingerprint density at radius 2 is 1.05 bits per heavy atom. The van der Waals surface area contributed by atoms with Crippen molar-refractivity contribution in [3.8, 4) is 34.5 Å². The van der Waals surface area contributed by atoms with Crippen LogP contribution in [0.5, 0.6) is 34.5 Å². The van der Waals surface area contributed by atoms with E-state index in [-0.39, 0.29) is 34.7 Å². The fraction of sp³-hybridized carbons (Fsp3) is 0.548. The number of halogens is 7. The average Bonchev–Trinajstić information content (AvgIpc) is 3.08. The normalized spacial score (nSPS) is 26.7. The van der Waals surface area contributed by atoms with E-state index < -0.39 is 171 Å². The number of piperidine rings is 1. The van der Waals surface area contributed by atoms with Gasteiger partial charge in [0.05, 0.1) is 17.2 Å². The van der Waals surface area contributed by atoms with Gasteiger partial charge in [-0.25, -0.2) is 14.6 Å². The number of amides is 3. The van der Waals surface area contributed by atoms with E-state index >= 15 is 0 Å². The van der Waals surface area contributed by atoms with Gasteiger partial charge in [0.25, 0.3) is 11.7 Å². The number of urea groups is 1. The quantitative estimate of drug-likeness (QED) is 0.0590. The molecule has 3 amide bonds. The maximum Gasteiger partial charge on any atom is 0.423 e. The lowest BCUT2D eigenvalue weighted by Gasteiger charge is -2.69. The number of phenols is 6. The van der Waals surface area contributed by atoms with Crippen molar-refractivity contribution in [3.05, 3.63) is 33.6 Å². The van der Waals surface area contributed by atoms with Crippen LogP contribution in [0.4, 0.5) is 35.5 Å². The van der Waals surface area contributed by atoms with Crippen molar-refractivity contribution in [2.45, 2.75) is 98.8 Å². The van der Waals surface area contributed by atoms with E-state index in [2.05, 4.69) is 0 Å². The Hall–Kier alpha value is -5.11. The molecule has 2 aliphatic heterocycles. The minimum Gasteiger partial charge on any atom is -0.507 e. The third kappa shape index (κ3) is 6.23. The summed E-state index contributed by atoms with van der Waals surface area (Å²) in [7, 11) is 0.0734. The van der Waals surface area contributed by atoms with Gasteiger partial charge >= 0.3 is 36.1 Å². The van der Waals surface area contributed by atoms with E-state index in [1.54, 1.807) is 0 Å². The van der Waals surface area contributed by atoms with Gasteiger partial charge in [0, 0.05) is 19.5 Å². The molecule has 4 unspecified atom stereocenters. The average molecular weight is 951 g/mol. The van der Waals surface area contributed by atoms with Crippen LogP contribution in [-0.2, 0) is 22.9 Å². The van der Waals surface area contributed by atoms with Crippen LogP contribution < -0.4 is 0 Å². The van der Waals surface area contributed by atoms with Crippen molar-refractivity contribution in [2.24, 2.45) is 0 Å². The van der Waals surface area contributed by atoms with Gasteiger partial charge in [-0.3, -0.25) is 4.79 Å². The number of nitrogens with zero attached hydrogens (tertiary/aromatic N) is 4. The first-order chi connectivity index (χ1) is 28.2. The Balaban J connectivity index is 2.24. The molecule has 4 atom stereocenters. The van der Waals surface area contributed by atoms with Crippen LogP contribution in [0, 0.1) is 12.7 Å². The highest BCUT2D eigenvalue weighted by Gasteiger charge is 2.88. The Labute approximate surface area is 348 Å². The summed E-state index contributed by atoms with van der Waals surface area (Å²) in [6.07, 6.45) is -12.4. The van der Waals surface area contributed by atoms with E-state index in [9.17, 15) is 142 Å². The number of rotatable bonds is 4. The Morgan fingerprint density at radius 3 is 1.44 bits per heavy atom. The number of carbonyl (C=O) groups is 2. The monoisotopic (exact) mass is 950 g/mol. The molecule has 64 heavy (non-hydrogen) atoms. The van der Waals surface area contributed by atoms with Gasteiger partial charge in [0.1, 0.15) is 34.4 Å². The van der Waals surface area contributed by atoms with Crippen LogP contribution in [0.25, 0.3) is 0 Å². The summed E-state index contributed by atoms with van der Waals surface area (Å²) < 4.78 is 98.8. The summed E-state index contributed by atoms with van der Waals surface area (Å²) in [5.74, 6) is -52.2. The smallest absolute Gasteiger partial charge is 0.423 e. The highest BCUT2D eigenvalue weighted by molar-refractivity contribution is 5.79. The Bertz CT molecular complexity index is 2200. The molecule has 0 aromatic heterocycles. The predicted molar refractivity (Wildman–Crippen MR) is 177 cm³/mol. The molecule has 0 aliphatic carbocycles. The van der Waals surface area contributed by atoms with Crippen LogP contribution in [0.2, 0.25) is 0 Å². The predicted octanol–water partition coefficient (Wildman–Crippen LogP) is -5.16. The minimum absolute atomic E-state index is 0.0734. The number of phenolic OH excluding ortho intramolecular Hbond substituents is 6. The topological polar surface area (TPSA) is 452 Å². The molecule has 2 aromatic carbocycles. The zero-order chi connectivity index (χ0) is 50.5. The largest absolute Gasteiger partial charge is 0.507 e. The number of aliphatic hydroxyl groups is 14. The SMILES string of the molecule is CC(=O)N1C(C)(O)C(O)(O)N(C2C(O)(O)C(O)(O)N(C(=O)N(C)C(C)c3c(O)c(C(F)(F)F)c(O)c(C(F)(F)F)c3O)C(O)(c3c(C)c(O)c(F)c(O)c3O)C2(O)O)C(O)(O)C1(O)O. The summed E-state index contributed by atoms with van der Waals surface area (Å²) in [6.45, 7) is 0.640. The molecule has 0 bridgehead atoms. The molecule has 2 aliphatic rings. The molecule has 33 heteroatoms. The van der Waals surface area contributed by atoms with Crippen molar-refractivity contribution in [1.29, 1.82) is 0 Å². The number of alkyl halides is 6. The maximum atomic E-state index is 14.8. The first-order valence-electron chi connectivity index (χ1n) is 16.9. The van der Waals surface area contributed by atoms with Crippen molar-refractivity contribution < 1.29 is 142 Å². The van der Waals surface area contributed by atoms with E-state index in [0.29, 0.717) is 0 Å². The lowest BCUT2D eigenvalue weighted by Crippen LogP contribution is -2.98. The number of piperazine rings is 1. The first kappa shape index (κ1) is 51.5. The van der Waals surface area contributed by atoms with Gasteiger partial charge in [-0.2, -0.15) is 35.6 Å². The Morgan fingerprint density at radius 1 is 0.625 bits per heavy atom. The molecular weight excluding hydrogens is 913 g/mol. The third-order valence-electron chi connectivity index (χ3n) is 11.0. The molecule has 2 heterocycles. The second kappa shape index (κ2) is 14.2. The summed E-state index contributed by atoms with van der Waals surface area (Å²) in [4.78, 5) is 21.9. The molecule has 26 nitrogen and oxygen atoms in total. The second-order valence-corrected chi connectivity index (χ2v) is 14.8. The van der Waals surface area contributed by atoms with Crippen LogP contribution in [0.15, 0.2) is 0 Å². The summed E-state index contributed by atoms with van der Waals surface area (Å²) in [5.41, 5.74) is -21.9. The van der Waals surface area contributed by atoms with Crippen LogP contribution >= 0.6 is 0 Å². The maximum absolute atomic E-state index is 14.8. The number of likely N-dealkylation sites (tertiary alicyclic amines) is 1. The number of hydrogen-bond donors (Lipinski definition) is 20. The van der Waals surface area contributed by atoms with E-state index in [0.717, 1.165) is 0 Å². The lowest BCUT2D eigenvalue weighted by molar-refractivity contribution is -0.608. The van der Waals surface area contributed by atoms with E-state index in [4.69, 9.17) is 0 Å². The van der Waals surface area contributed by atoms with Gasteiger partial charge in [-0.05, 0) is 20.8 Å². The number of aromatic hydroxyl groups is 6. The number of carbonyl (C=O) groups excluding carboxylic acids is 2. The van der Waals surface area contributed by atoms with Gasteiger partial charge in [-0.15, -0.1) is 0 Å². The summed E-state index contributed by atoms with van der Waals surface area (Å²) in [5, 5.41) is 222. The van der Waals surface area contributed by atoms with Gasteiger partial charge in [0.2, 0.25) is 29.0 Å². The fourth-order valence-corrected chi connectivity index (χ4v) is 7.64. The van der Waals surface area contributed by atoms with Crippen molar-refractivity contribution in [2.75, 3.05) is 7.05 Å². The summed E-state index contributed by atoms with van der Waals surface area (Å²) >= 11 is 0. The van der Waals surface area contributed by atoms with Crippen molar-refractivity contribution in [1.82, 2.24) is 19.6 Å². The fourth-order valence-electron chi connectivity index (χ4n) is 7.64. The third-order valence-corrected chi connectivity index (χ3v) is 11.0. The minimum atomic E-state index is -6.18. The van der Waals surface area contributed by atoms with E-state index in [1.165, 1.54) is 0 Å². The molecule has 0 saturated carbocycles. The molecule has 0 spiro atoms. The zero-order valence-corrected chi connectivity index (χ0v) is 32.4. The highest BCUT2D eigenvalue weighted by atomic mass is 19.4.